The number of thiophene rings is 1. The molecule has 1 atom stereocenters. The Balaban J connectivity index is 1.98. The van der Waals surface area contributed by atoms with Gasteiger partial charge in [0.1, 0.15) is 5.75 Å². The fourth-order valence-corrected chi connectivity index (χ4v) is 2.90. The highest BCUT2D eigenvalue weighted by Crippen LogP contribution is 2.22. The molecule has 0 fully saturated rings. The smallest absolute Gasteiger partial charge is 0.251 e. The van der Waals surface area contributed by atoms with Gasteiger partial charge in [-0.3, -0.25) is 4.79 Å². The van der Waals surface area contributed by atoms with Gasteiger partial charge in [-0.25, -0.2) is 0 Å². The number of ether oxygens (including phenoxy) is 1. The molecule has 1 aromatic carbocycles. The normalized spacial score (nSPS) is 11.9. The number of rotatable bonds is 6. The number of carbonyl (C=O) groups is 1. The Hall–Kier alpha value is -2.01. The third kappa shape index (κ3) is 4.23. The van der Waals surface area contributed by atoms with Gasteiger partial charge in [-0.1, -0.05) is 6.07 Å². The van der Waals surface area contributed by atoms with Crippen LogP contribution >= 0.6 is 11.3 Å². The minimum atomic E-state index is -0.117. The molecule has 1 aromatic heterocycles. The number of carbonyl (C=O) groups excluding carboxylic acids is 1. The van der Waals surface area contributed by atoms with Gasteiger partial charge in [0.05, 0.1) is 12.3 Å². The highest BCUT2D eigenvalue weighted by molar-refractivity contribution is 7.09. The van der Waals surface area contributed by atoms with Crippen molar-refractivity contribution in [2.45, 2.75) is 26.3 Å². The van der Waals surface area contributed by atoms with Crippen LogP contribution in [0.3, 0.4) is 0 Å². The summed E-state index contributed by atoms with van der Waals surface area (Å²) in [5.41, 5.74) is 6.91. The molecule has 0 aliphatic heterocycles. The second-order valence-corrected chi connectivity index (χ2v) is 5.88. The van der Waals surface area contributed by atoms with Crippen LogP contribution in [0.2, 0.25) is 0 Å². The van der Waals surface area contributed by atoms with Gasteiger partial charge >= 0.3 is 0 Å². The summed E-state index contributed by atoms with van der Waals surface area (Å²) in [6.45, 7) is 4.44. The molecule has 0 radical (unpaired) electrons. The lowest BCUT2D eigenvalue weighted by Crippen LogP contribution is -2.33. The molecular weight excluding hydrogens is 284 g/mol. The molecule has 1 heterocycles. The zero-order valence-electron chi connectivity index (χ0n) is 12.3. The summed E-state index contributed by atoms with van der Waals surface area (Å²) in [6.07, 6.45) is 0.829. The van der Waals surface area contributed by atoms with E-state index in [0.29, 0.717) is 23.6 Å². The van der Waals surface area contributed by atoms with Crippen molar-refractivity contribution in [2.75, 3.05) is 12.3 Å². The Kier molecular flexibility index (Phi) is 5.22. The van der Waals surface area contributed by atoms with E-state index >= 15 is 0 Å². The van der Waals surface area contributed by atoms with Crippen molar-refractivity contribution >= 4 is 22.9 Å². The van der Waals surface area contributed by atoms with E-state index in [1.54, 1.807) is 29.5 Å². The molecule has 112 valence electrons. The van der Waals surface area contributed by atoms with Crippen LogP contribution in [0, 0.1) is 0 Å². The van der Waals surface area contributed by atoms with E-state index in [1.165, 1.54) is 4.88 Å². The second-order valence-electron chi connectivity index (χ2n) is 4.84. The van der Waals surface area contributed by atoms with Crippen LogP contribution in [0.15, 0.2) is 35.7 Å². The summed E-state index contributed by atoms with van der Waals surface area (Å²) in [6, 6.07) is 9.28. The first-order chi connectivity index (χ1) is 10.1. The highest BCUT2D eigenvalue weighted by atomic mass is 32.1. The van der Waals surface area contributed by atoms with Gasteiger partial charge in [0.2, 0.25) is 0 Å². The summed E-state index contributed by atoms with van der Waals surface area (Å²) >= 11 is 1.70. The van der Waals surface area contributed by atoms with E-state index in [-0.39, 0.29) is 11.9 Å². The van der Waals surface area contributed by atoms with Gasteiger partial charge in [0.25, 0.3) is 5.91 Å². The van der Waals surface area contributed by atoms with Crippen molar-refractivity contribution in [1.29, 1.82) is 0 Å². The van der Waals surface area contributed by atoms with E-state index in [2.05, 4.69) is 11.4 Å². The molecule has 0 bridgehead atoms. The fraction of sp³-hybridized carbons (Fsp3) is 0.312. The number of hydrogen-bond acceptors (Lipinski definition) is 4. The van der Waals surface area contributed by atoms with Crippen molar-refractivity contribution in [3.63, 3.8) is 0 Å². The molecule has 1 amide bonds. The molecule has 0 spiro atoms. The van der Waals surface area contributed by atoms with E-state index in [9.17, 15) is 4.79 Å². The SMILES string of the molecule is CCOc1ccc(C(=O)NC(C)Cc2cccs2)cc1N. The summed E-state index contributed by atoms with van der Waals surface area (Å²) in [7, 11) is 0. The third-order valence-electron chi connectivity index (χ3n) is 3.04. The van der Waals surface area contributed by atoms with Crippen molar-refractivity contribution in [3.05, 3.63) is 46.2 Å². The summed E-state index contributed by atoms with van der Waals surface area (Å²) in [5, 5.41) is 5.02. The maximum Gasteiger partial charge on any atom is 0.251 e. The molecule has 0 saturated carbocycles. The lowest BCUT2D eigenvalue weighted by atomic mass is 10.1. The van der Waals surface area contributed by atoms with Crippen molar-refractivity contribution in [3.8, 4) is 5.75 Å². The van der Waals surface area contributed by atoms with Crippen LogP contribution in [0.25, 0.3) is 0 Å². The number of benzene rings is 1. The lowest BCUT2D eigenvalue weighted by molar-refractivity contribution is 0.0940. The molecule has 2 rings (SSSR count). The molecule has 0 aliphatic rings. The summed E-state index contributed by atoms with van der Waals surface area (Å²) in [5.74, 6) is 0.495. The zero-order valence-corrected chi connectivity index (χ0v) is 13.1. The average Bonchev–Trinajstić information content (AvgIpc) is 2.93. The molecule has 4 nitrogen and oxygen atoms in total. The molecule has 1 unspecified atom stereocenters. The molecule has 0 aliphatic carbocycles. The van der Waals surface area contributed by atoms with Crippen LogP contribution in [0.5, 0.6) is 5.75 Å². The number of anilines is 1. The second kappa shape index (κ2) is 7.13. The molecule has 0 saturated heterocycles. The van der Waals surface area contributed by atoms with Gasteiger partial charge in [-0.15, -0.1) is 11.3 Å². The Bertz CT molecular complexity index is 596. The van der Waals surface area contributed by atoms with Crippen LogP contribution in [0.4, 0.5) is 5.69 Å². The largest absolute Gasteiger partial charge is 0.492 e. The quantitative estimate of drug-likeness (QED) is 0.806. The Morgan fingerprint density at radius 1 is 1.43 bits per heavy atom. The van der Waals surface area contributed by atoms with Gasteiger partial charge < -0.3 is 15.8 Å². The highest BCUT2D eigenvalue weighted by Gasteiger charge is 2.12. The maximum atomic E-state index is 12.2. The number of amides is 1. The molecule has 21 heavy (non-hydrogen) atoms. The Morgan fingerprint density at radius 2 is 2.24 bits per heavy atom. The molecule has 2 aromatic rings. The predicted molar refractivity (Wildman–Crippen MR) is 87.0 cm³/mol. The molecule has 5 heteroatoms. The van der Waals surface area contributed by atoms with Crippen molar-refractivity contribution in [2.24, 2.45) is 0 Å². The topological polar surface area (TPSA) is 64.3 Å². The average molecular weight is 304 g/mol. The maximum absolute atomic E-state index is 12.2. The number of hydrogen-bond donors (Lipinski definition) is 2. The summed E-state index contributed by atoms with van der Waals surface area (Å²) in [4.78, 5) is 13.5. The lowest BCUT2D eigenvalue weighted by Gasteiger charge is -2.14. The van der Waals surface area contributed by atoms with Gasteiger partial charge in [0, 0.05) is 22.9 Å². The van der Waals surface area contributed by atoms with E-state index in [0.717, 1.165) is 6.42 Å². The third-order valence-corrected chi connectivity index (χ3v) is 3.94. The van der Waals surface area contributed by atoms with Crippen LogP contribution in [-0.4, -0.2) is 18.6 Å². The standard InChI is InChI=1S/C16H20N2O2S/c1-3-20-15-7-6-12(10-14(15)17)16(19)18-11(2)9-13-5-4-8-21-13/h4-8,10-11H,3,9,17H2,1-2H3,(H,18,19). The van der Waals surface area contributed by atoms with Crippen LogP contribution < -0.4 is 15.8 Å². The fourth-order valence-electron chi connectivity index (χ4n) is 2.07. The first-order valence-corrected chi connectivity index (χ1v) is 7.83. The molecular formula is C16H20N2O2S. The Morgan fingerprint density at radius 3 is 2.86 bits per heavy atom. The van der Waals surface area contributed by atoms with E-state index < -0.39 is 0 Å². The number of nitrogens with one attached hydrogen (secondary N) is 1. The number of nitrogens with two attached hydrogens (primary N) is 1. The monoisotopic (exact) mass is 304 g/mol. The van der Waals surface area contributed by atoms with Gasteiger partial charge in [-0.2, -0.15) is 0 Å². The summed E-state index contributed by atoms with van der Waals surface area (Å²) < 4.78 is 5.37. The minimum Gasteiger partial charge on any atom is -0.492 e. The predicted octanol–water partition coefficient (Wildman–Crippen LogP) is 3.09. The van der Waals surface area contributed by atoms with Crippen molar-refractivity contribution in [1.82, 2.24) is 5.32 Å². The van der Waals surface area contributed by atoms with E-state index in [1.807, 2.05) is 25.3 Å². The first kappa shape index (κ1) is 15.4. The first-order valence-electron chi connectivity index (χ1n) is 6.95. The van der Waals surface area contributed by atoms with Crippen LogP contribution in [0.1, 0.15) is 29.1 Å². The minimum absolute atomic E-state index is 0.0731. The zero-order chi connectivity index (χ0) is 15.2. The Labute approximate surface area is 128 Å². The van der Waals surface area contributed by atoms with Gasteiger partial charge in [0.15, 0.2) is 0 Å². The number of nitrogen functional groups attached to an aromatic ring is 1. The van der Waals surface area contributed by atoms with Gasteiger partial charge in [-0.05, 0) is 43.5 Å². The molecule has 3 N–H and O–H groups in total. The van der Waals surface area contributed by atoms with Crippen molar-refractivity contribution < 1.29 is 9.53 Å². The van der Waals surface area contributed by atoms with Crippen LogP contribution in [-0.2, 0) is 6.42 Å². The van der Waals surface area contributed by atoms with E-state index in [4.69, 9.17) is 10.5 Å².